The molecule has 0 heterocycles. The number of hydrogen-bond donors (Lipinski definition) is 0. The maximum absolute atomic E-state index is 12.4. The van der Waals surface area contributed by atoms with Crippen molar-refractivity contribution in [3.05, 3.63) is 48.0 Å². The highest BCUT2D eigenvalue weighted by Crippen LogP contribution is 2.45. The molecule has 1 aromatic rings. The van der Waals surface area contributed by atoms with Gasteiger partial charge in [-0.2, -0.15) is 0 Å². The normalized spacial score (nSPS) is 22.8. The van der Waals surface area contributed by atoms with Gasteiger partial charge in [-0.3, -0.25) is 4.79 Å². The zero-order valence-corrected chi connectivity index (χ0v) is 14.8. The highest BCUT2D eigenvalue weighted by Gasteiger charge is 2.50. The Morgan fingerprint density at radius 1 is 1.28 bits per heavy atom. The zero-order chi connectivity index (χ0) is 18.3. The second-order valence-corrected chi connectivity index (χ2v) is 6.95. The van der Waals surface area contributed by atoms with Gasteiger partial charge >= 0.3 is 5.97 Å². The Morgan fingerprint density at radius 2 is 1.96 bits per heavy atom. The molecule has 0 atom stereocenters. The molecule has 0 unspecified atom stereocenters. The van der Waals surface area contributed by atoms with Crippen LogP contribution in [0.3, 0.4) is 0 Å². The molecule has 5 heteroatoms. The first kappa shape index (κ1) is 19.2. The third-order valence-corrected chi connectivity index (χ3v) is 4.39. The smallest absolute Gasteiger partial charge is 0.316 e. The van der Waals surface area contributed by atoms with E-state index in [1.165, 1.54) is 6.08 Å². The fourth-order valence-corrected chi connectivity index (χ4v) is 2.79. The molecule has 25 heavy (non-hydrogen) atoms. The van der Waals surface area contributed by atoms with E-state index in [1.807, 2.05) is 30.3 Å². The minimum absolute atomic E-state index is 0.0933. The molecule has 0 amide bonds. The maximum atomic E-state index is 12.4. The highest BCUT2D eigenvalue weighted by atomic mass is 16.5. The van der Waals surface area contributed by atoms with E-state index < -0.39 is 11.4 Å². The minimum atomic E-state index is -1.32. The predicted octanol–water partition coefficient (Wildman–Crippen LogP) is 2.25. The van der Waals surface area contributed by atoms with Crippen LogP contribution in [-0.4, -0.2) is 24.6 Å². The first-order valence-electron chi connectivity index (χ1n) is 8.64. The van der Waals surface area contributed by atoms with Crippen LogP contribution in [0.25, 0.3) is 0 Å². The van der Waals surface area contributed by atoms with Gasteiger partial charge in [0.2, 0.25) is 0 Å². The molecule has 1 aliphatic rings. The third-order valence-electron chi connectivity index (χ3n) is 4.39. The minimum Gasteiger partial charge on any atom is -0.545 e. The molecule has 136 valence electrons. The fourth-order valence-electron chi connectivity index (χ4n) is 2.79. The SMILES string of the molecule is CC(C)CCOC(=O)C1(/C=C/C(=O)[O-])CC(OCc2ccccc2)C1. The topological polar surface area (TPSA) is 75.7 Å². The van der Waals surface area contributed by atoms with Gasteiger partial charge in [-0.1, -0.05) is 50.3 Å². The summed E-state index contributed by atoms with van der Waals surface area (Å²) in [5, 5.41) is 10.7. The molecule has 0 N–H and O–H groups in total. The summed E-state index contributed by atoms with van der Waals surface area (Å²) in [4.78, 5) is 23.1. The lowest BCUT2D eigenvalue weighted by molar-refractivity contribution is -0.297. The van der Waals surface area contributed by atoms with E-state index in [4.69, 9.17) is 9.47 Å². The summed E-state index contributed by atoms with van der Waals surface area (Å²) in [5.74, 6) is -1.26. The van der Waals surface area contributed by atoms with E-state index >= 15 is 0 Å². The van der Waals surface area contributed by atoms with E-state index in [2.05, 4.69) is 13.8 Å². The predicted molar refractivity (Wildman–Crippen MR) is 91.2 cm³/mol. The van der Waals surface area contributed by atoms with Gasteiger partial charge in [0.25, 0.3) is 0 Å². The summed E-state index contributed by atoms with van der Waals surface area (Å²) in [6.07, 6.45) is 3.83. The van der Waals surface area contributed by atoms with Crippen molar-refractivity contribution < 1.29 is 24.2 Å². The van der Waals surface area contributed by atoms with Crippen molar-refractivity contribution in [2.24, 2.45) is 11.3 Å². The van der Waals surface area contributed by atoms with Gasteiger partial charge in [0.1, 0.15) is 0 Å². The monoisotopic (exact) mass is 345 g/mol. The average Bonchev–Trinajstić information content (AvgIpc) is 2.53. The highest BCUT2D eigenvalue weighted by molar-refractivity contribution is 5.84. The Hall–Kier alpha value is -2.14. The Balaban J connectivity index is 1.90. The fraction of sp³-hybridized carbons (Fsp3) is 0.500. The van der Waals surface area contributed by atoms with Crippen LogP contribution < -0.4 is 5.11 Å². The molecule has 5 nitrogen and oxygen atoms in total. The number of benzene rings is 1. The first-order valence-corrected chi connectivity index (χ1v) is 8.64. The van der Waals surface area contributed by atoms with E-state index in [9.17, 15) is 14.7 Å². The van der Waals surface area contributed by atoms with Gasteiger partial charge in [-0.15, -0.1) is 0 Å². The lowest BCUT2D eigenvalue weighted by atomic mass is 9.66. The Kier molecular flexibility index (Phi) is 6.76. The molecule has 1 saturated carbocycles. The molecule has 0 spiro atoms. The van der Waals surface area contributed by atoms with Crippen molar-refractivity contribution in [2.75, 3.05) is 6.61 Å². The van der Waals surface area contributed by atoms with Crippen molar-refractivity contribution in [3.63, 3.8) is 0 Å². The number of carbonyl (C=O) groups is 2. The average molecular weight is 345 g/mol. The van der Waals surface area contributed by atoms with Crippen molar-refractivity contribution in [2.45, 2.75) is 45.8 Å². The van der Waals surface area contributed by atoms with Crippen LogP contribution >= 0.6 is 0 Å². The Labute approximate surface area is 148 Å². The van der Waals surface area contributed by atoms with E-state index in [0.717, 1.165) is 18.1 Å². The van der Waals surface area contributed by atoms with Crippen LogP contribution in [0.5, 0.6) is 0 Å². The van der Waals surface area contributed by atoms with Gasteiger partial charge in [0.05, 0.1) is 30.7 Å². The van der Waals surface area contributed by atoms with Crippen molar-refractivity contribution in [1.29, 1.82) is 0 Å². The summed E-state index contributed by atoms with van der Waals surface area (Å²) >= 11 is 0. The molecular weight excluding hydrogens is 320 g/mol. The number of carboxylic acids is 1. The molecule has 0 bridgehead atoms. The van der Waals surface area contributed by atoms with Crippen molar-refractivity contribution >= 4 is 11.9 Å². The summed E-state index contributed by atoms with van der Waals surface area (Å²) in [6, 6.07) is 9.77. The lowest BCUT2D eigenvalue weighted by Gasteiger charge is -2.43. The second kappa shape index (κ2) is 8.81. The number of rotatable bonds is 9. The molecule has 2 rings (SSSR count). The molecule has 0 aromatic heterocycles. The molecule has 0 aliphatic heterocycles. The first-order chi connectivity index (χ1) is 11.9. The van der Waals surface area contributed by atoms with Gasteiger partial charge in [-0.05, 0) is 36.8 Å². The van der Waals surface area contributed by atoms with Crippen molar-refractivity contribution in [1.82, 2.24) is 0 Å². The summed E-state index contributed by atoms with van der Waals surface area (Å²) in [7, 11) is 0. The zero-order valence-electron chi connectivity index (χ0n) is 14.8. The molecule has 1 aliphatic carbocycles. The number of ether oxygens (including phenoxy) is 2. The van der Waals surface area contributed by atoms with Crippen molar-refractivity contribution in [3.8, 4) is 0 Å². The summed E-state index contributed by atoms with van der Waals surface area (Å²) in [5.41, 5.74) is 0.142. The largest absolute Gasteiger partial charge is 0.545 e. The third kappa shape index (κ3) is 5.71. The summed E-state index contributed by atoms with van der Waals surface area (Å²) < 4.78 is 11.2. The van der Waals surface area contributed by atoms with E-state index in [-0.39, 0.29) is 12.1 Å². The number of aliphatic carboxylic acids is 1. The number of esters is 1. The van der Waals surface area contributed by atoms with Crippen LogP contribution in [0, 0.1) is 11.3 Å². The van der Waals surface area contributed by atoms with Crippen LogP contribution in [0.15, 0.2) is 42.5 Å². The summed E-state index contributed by atoms with van der Waals surface area (Å²) in [6.45, 7) is 4.91. The number of carboxylic acid groups (broad SMARTS) is 1. The Bertz CT molecular complexity index is 600. The van der Waals surface area contributed by atoms with Gasteiger partial charge < -0.3 is 19.4 Å². The van der Waals surface area contributed by atoms with E-state index in [0.29, 0.717) is 32.0 Å². The van der Waals surface area contributed by atoms with Crippen LogP contribution in [0.1, 0.15) is 38.7 Å². The quantitative estimate of drug-likeness (QED) is 0.507. The molecule has 1 fully saturated rings. The van der Waals surface area contributed by atoms with Crippen LogP contribution in [0.4, 0.5) is 0 Å². The van der Waals surface area contributed by atoms with Gasteiger partial charge in [0, 0.05) is 0 Å². The lowest BCUT2D eigenvalue weighted by Crippen LogP contribution is -2.48. The standard InChI is InChI=1S/C20H26O5/c1-15(2)9-11-24-19(23)20(10-8-18(21)22)12-17(13-20)25-14-16-6-4-3-5-7-16/h3-8,10,15,17H,9,11-14H2,1-2H3,(H,21,22)/p-1/b10-8+. The second-order valence-electron chi connectivity index (χ2n) is 6.95. The molecular formula is C20H25O5-. The molecule has 0 saturated heterocycles. The Morgan fingerprint density at radius 3 is 2.56 bits per heavy atom. The number of carbonyl (C=O) groups excluding carboxylic acids is 2. The molecule has 1 aromatic carbocycles. The molecule has 0 radical (unpaired) electrons. The van der Waals surface area contributed by atoms with Gasteiger partial charge in [-0.25, -0.2) is 0 Å². The van der Waals surface area contributed by atoms with Crippen LogP contribution in [0.2, 0.25) is 0 Å². The number of hydrogen-bond acceptors (Lipinski definition) is 5. The van der Waals surface area contributed by atoms with Gasteiger partial charge in [0.15, 0.2) is 0 Å². The van der Waals surface area contributed by atoms with E-state index in [1.54, 1.807) is 0 Å². The van der Waals surface area contributed by atoms with Crippen LogP contribution in [-0.2, 0) is 25.7 Å². The maximum Gasteiger partial charge on any atom is 0.316 e.